The van der Waals surface area contributed by atoms with Gasteiger partial charge in [-0.25, -0.2) is 4.39 Å². The van der Waals surface area contributed by atoms with Crippen LogP contribution in [0.15, 0.2) is 18.2 Å². The minimum absolute atomic E-state index is 0.133. The summed E-state index contributed by atoms with van der Waals surface area (Å²) in [5.74, 6) is -0.275. The molecule has 1 aromatic rings. The van der Waals surface area contributed by atoms with Crippen molar-refractivity contribution in [1.29, 1.82) is 0 Å². The summed E-state index contributed by atoms with van der Waals surface area (Å²) in [4.78, 5) is 15.2. The van der Waals surface area contributed by atoms with E-state index in [1.54, 1.807) is 0 Å². The molecule has 3 aliphatic heterocycles. The van der Waals surface area contributed by atoms with E-state index in [1.807, 2.05) is 0 Å². The Morgan fingerprint density at radius 3 is 2.73 bits per heavy atom. The van der Waals surface area contributed by atoms with Gasteiger partial charge in [0.25, 0.3) is 5.91 Å². The average Bonchev–Trinajstić information content (AvgIpc) is 3.22. The number of rotatable bonds is 5. The Balaban J connectivity index is 1.38. The maximum absolute atomic E-state index is 13.5. The monoisotopic (exact) mass is 362 g/mol. The van der Waals surface area contributed by atoms with Crippen molar-refractivity contribution in [3.63, 3.8) is 0 Å². The highest BCUT2D eigenvalue weighted by molar-refractivity contribution is 5.97. The Kier molecular flexibility index (Phi) is 5.14. The third kappa shape index (κ3) is 3.58. The van der Waals surface area contributed by atoms with E-state index in [0.29, 0.717) is 23.9 Å². The van der Waals surface area contributed by atoms with E-state index in [0.717, 1.165) is 32.4 Å². The molecule has 0 spiro atoms. The molecule has 2 bridgehead atoms. The zero-order valence-electron chi connectivity index (χ0n) is 15.2. The number of amides is 1. The molecule has 3 heterocycles. The van der Waals surface area contributed by atoms with Gasteiger partial charge in [0.05, 0.1) is 18.8 Å². The highest BCUT2D eigenvalue weighted by Gasteiger charge is 2.42. The van der Waals surface area contributed by atoms with Crippen molar-refractivity contribution in [2.24, 2.45) is 0 Å². The first kappa shape index (κ1) is 17.7. The molecule has 3 saturated heterocycles. The largest absolute Gasteiger partial charge is 0.496 e. The average molecular weight is 362 g/mol. The highest BCUT2D eigenvalue weighted by atomic mass is 19.1. The Morgan fingerprint density at radius 2 is 2.08 bits per heavy atom. The van der Waals surface area contributed by atoms with E-state index in [-0.39, 0.29) is 17.5 Å². The number of halogens is 1. The molecule has 6 heteroatoms. The van der Waals surface area contributed by atoms with Gasteiger partial charge in [0.1, 0.15) is 11.6 Å². The first-order valence-corrected chi connectivity index (χ1v) is 9.66. The number of ether oxygens (including phenoxy) is 2. The predicted octanol–water partition coefficient (Wildman–Crippen LogP) is 2.74. The van der Waals surface area contributed by atoms with Gasteiger partial charge < -0.3 is 14.8 Å². The summed E-state index contributed by atoms with van der Waals surface area (Å²) >= 11 is 0. The molecule has 1 aromatic carbocycles. The van der Waals surface area contributed by atoms with Crippen LogP contribution in [-0.2, 0) is 4.74 Å². The lowest BCUT2D eigenvalue weighted by Crippen LogP contribution is -2.52. The number of hydrogen-bond acceptors (Lipinski definition) is 4. The van der Waals surface area contributed by atoms with Gasteiger partial charge in [-0.1, -0.05) is 0 Å². The molecule has 4 rings (SSSR count). The van der Waals surface area contributed by atoms with Gasteiger partial charge in [-0.3, -0.25) is 9.69 Å². The predicted molar refractivity (Wildman–Crippen MR) is 95.9 cm³/mol. The molecule has 0 saturated carbocycles. The van der Waals surface area contributed by atoms with Gasteiger partial charge in [-0.05, 0) is 56.7 Å². The summed E-state index contributed by atoms with van der Waals surface area (Å²) in [6.07, 6.45) is 6.98. The van der Waals surface area contributed by atoms with Gasteiger partial charge in [0.2, 0.25) is 0 Å². The second kappa shape index (κ2) is 7.53. The smallest absolute Gasteiger partial charge is 0.255 e. The molecular formula is C20H27FN2O3. The van der Waals surface area contributed by atoms with Crippen molar-refractivity contribution in [1.82, 2.24) is 10.2 Å². The quantitative estimate of drug-likeness (QED) is 0.875. The van der Waals surface area contributed by atoms with Crippen molar-refractivity contribution in [3.8, 4) is 5.75 Å². The molecule has 1 unspecified atom stereocenters. The third-order valence-electron chi connectivity index (χ3n) is 6.06. The first-order chi connectivity index (χ1) is 12.6. The van der Waals surface area contributed by atoms with Crippen molar-refractivity contribution in [3.05, 3.63) is 29.6 Å². The normalized spacial score (nSPS) is 31.2. The Bertz CT molecular complexity index is 648. The Hall–Kier alpha value is -1.66. The summed E-state index contributed by atoms with van der Waals surface area (Å²) in [6, 6.07) is 5.21. The number of piperidine rings is 1. The number of fused-ring (bicyclic) bond motifs is 2. The minimum atomic E-state index is -0.428. The van der Waals surface area contributed by atoms with Crippen LogP contribution in [-0.4, -0.2) is 55.3 Å². The maximum Gasteiger partial charge on any atom is 0.255 e. The van der Waals surface area contributed by atoms with Crippen LogP contribution in [0.4, 0.5) is 4.39 Å². The zero-order chi connectivity index (χ0) is 18.1. The standard InChI is InChI=1S/C20H27FN2O3/c1-25-19-7-4-13(21)9-18(19)20(24)22-14-10-15-5-6-16(11-14)23(15)12-17-3-2-8-26-17/h4,7,9,14-17H,2-3,5-6,8,10-12H2,1H3,(H,22,24)/t15-,16-,17?/m1/s1. The van der Waals surface area contributed by atoms with Crippen LogP contribution in [0.1, 0.15) is 48.9 Å². The van der Waals surface area contributed by atoms with Gasteiger partial charge in [-0.2, -0.15) is 0 Å². The van der Waals surface area contributed by atoms with Crippen molar-refractivity contribution in [2.75, 3.05) is 20.3 Å². The molecular weight excluding hydrogens is 335 g/mol. The molecule has 3 fully saturated rings. The number of nitrogens with one attached hydrogen (secondary N) is 1. The van der Waals surface area contributed by atoms with Crippen molar-refractivity contribution < 1.29 is 18.7 Å². The van der Waals surface area contributed by atoms with Crippen LogP contribution in [0.25, 0.3) is 0 Å². The lowest BCUT2D eigenvalue weighted by molar-refractivity contribution is 0.0332. The van der Waals surface area contributed by atoms with Crippen LogP contribution in [0.3, 0.4) is 0 Å². The van der Waals surface area contributed by atoms with Gasteiger partial charge >= 0.3 is 0 Å². The lowest BCUT2D eigenvalue weighted by Gasteiger charge is -2.40. The number of carbonyl (C=O) groups is 1. The molecule has 3 atom stereocenters. The van der Waals surface area contributed by atoms with Crippen molar-refractivity contribution >= 4 is 5.91 Å². The molecule has 3 aliphatic rings. The second-order valence-electron chi connectivity index (χ2n) is 7.70. The van der Waals surface area contributed by atoms with Crippen molar-refractivity contribution in [2.45, 2.75) is 62.8 Å². The number of benzene rings is 1. The topological polar surface area (TPSA) is 50.8 Å². The first-order valence-electron chi connectivity index (χ1n) is 9.66. The van der Waals surface area contributed by atoms with Crippen LogP contribution in [0.2, 0.25) is 0 Å². The van der Waals surface area contributed by atoms with Crippen LogP contribution < -0.4 is 10.1 Å². The minimum Gasteiger partial charge on any atom is -0.496 e. The summed E-state index contributed by atoms with van der Waals surface area (Å²) in [7, 11) is 1.49. The summed E-state index contributed by atoms with van der Waals surface area (Å²) in [5, 5.41) is 3.11. The molecule has 26 heavy (non-hydrogen) atoms. The molecule has 1 N–H and O–H groups in total. The third-order valence-corrected chi connectivity index (χ3v) is 6.06. The Morgan fingerprint density at radius 1 is 1.31 bits per heavy atom. The summed E-state index contributed by atoms with van der Waals surface area (Å²) in [5.41, 5.74) is 0.265. The van der Waals surface area contributed by atoms with E-state index >= 15 is 0 Å². The number of carbonyl (C=O) groups excluding carboxylic acids is 1. The fraction of sp³-hybridized carbons (Fsp3) is 0.650. The fourth-order valence-electron chi connectivity index (χ4n) is 4.83. The van der Waals surface area contributed by atoms with Gasteiger partial charge in [0, 0.05) is 31.3 Å². The SMILES string of the molecule is COc1ccc(F)cc1C(=O)NC1C[C@H]2CC[C@H](C1)N2CC1CCCO1. The van der Waals surface area contributed by atoms with Crippen LogP contribution in [0.5, 0.6) is 5.75 Å². The number of hydrogen-bond donors (Lipinski definition) is 1. The van der Waals surface area contributed by atoms with Gasteiger partial charge in [0.15, 0.2) is 0 Å². The molecule has 0 aliphatic carbocycles. The van der Waals surface area contributed by atoms with E-state index in [1.165, 1.54) is 44.6 Å². The van der Waals surface area contributed by atoms with E-state index in [9.17, 15) is 9.18 Å². The fourth-order valence-corrected chi connectivity index (χ4v) is 4.83. The van der Waals surface area contributed by atoms with E-state index in [2.05, 4.69) is 10.2 Å². The number of nitrogens with zero attached hydrogens (tertiary/aromatic N) is 1. The summed E-state index contributed by atoms with van der Waals surface area (Å²) in [6.45, 7) is 1.91. The molecule has 142 valence electrons. The van der Waals surface area contributed by atoms with E-state index in [4.69, 9.17) is 9.47 Å². The van der Waals surface area contributed by atoms with Gasteiger partial charge in [-0.15, -0.1) is 0 Å². The molecule has 5 nitrogen and oxygen atoms in total. The molecule has 1 amide bonds. The van der Waals surface area contributed by atoms with Crippen LogP contribution >= 0.6 is 0 Å². The number of methoxy groups -OCH3 is 1. The lowest BCUT2D eigenvalue weighted by atomic mass is 9.96. The highest BCUT2D eigenvalue weighted by Crippen LogP contribution is 2.37. The maximum atomic E-state index is 13.5. The van der Waals surface area contributed by atoms with E-state index < -0.39 is 5.82 Å². The second-order valence-corrected chi connectivity index (χ2v) is 7.70. The zero-order valence-corrected chi connectivity index (χ0v) is 15.2. The molecule has 0 aromatic heterocycles. The molecule has 0 radical (unpaired) electrons. The Labute approximate surface area is 153 Å². The van der Waals surface area contributed by atoms with Crippen LogP contribution in [0, 0.1) is 5.82 Å². The summed E-state index contributed by atoms with van der Waals surface area (Å²) < 4.78 is 24.6.